The number of para-hydroxylation sites is 1. The highest BCUT2D eigenvalue weighted by atomic mass is 32.1. The lowest BCUT2D eigenvalue weighted by molar-refractivity contribution is -0.118. The third-order valence-electron chi connectivity index (χ3n) is 5.41. The number of rotatable bonds is 6. The lowest BCUT2D eigenvalue weighted by Crippen LogP contribution is -2.46. The van der Waals surface area contributed by atoms with Gasteiger partial charge in [0.05, 0.1) is 16.1 Å². The van der Waals surface area contributed by atoms with Crippen molar-refractivity contribution in [3.8, 4) is 10.6 Å². The minimum absolute atomic E-state index is 0.222. The van der Waals surface area contributed by atoms with E-state index in [0.29, 0.717) is 6.42 Å². The number of nitrogens with two attached hydrogens (primary N) is 1. The van der Waals surface area contributed by atoms with Crippen LogP contribution in [0, 0.1) is 6.92 Å². The molecule has 1 saturated heterocycles. The molecule has 1 aliphatic rings. The minimum Gasteiger partial charge on any atom is -0.370 e. The second kappa shape index (κ2) is 8.39. The fraction of sp³-hybridized carbons (Fsp3) is 0.364. The molecular formula is C22H26N4OS. The summed E-state index contributed by atoms with van der Waals surface area (Å²) in [5.41, 5.74) is 9.97. The predicted molar refractivity (Wildman–Crippen MR) is 115 cm³/mol. The molecular weight excluding hydrogens is 368 g/mol. The normalized spacial score (nSPS) is 15.9. The number of nitrogens with zero attached hydrogens (tertiary/aromatic N) is 3. The first-order chi connectivity index (χ1) is 13.6. The quantitative estimate of drug-likeness (QED) is 0.697. The van der Waals surface area contributed by atoms with Crippen molar-refractivity contribution in [3.05, 3.63) is 52.9 Å². The highest BCUT2D eigenvalue weighted by Gasteiger charge is 2.20. The zero-order valence-electron chi connectivity index (χ0n) is 16.2. The number of carbonyl (C=O) groups excluding carboxylic acids is 1. The molecule has 0 unspecified atom stereocenters. The average molecular weight is 395 g/mol. The zero-order valence-corrected chi connectivity index (χ0v) is 17.0. The van der Waals surface area contributed by atoms with E-state index < -0.39 is 0 Å². The number of amides is 1. The van der Waals surface area contributed by atoms with Gasteiger partial charge in [0, 0.05) is 51.1 Å². The number of aryl methyl sites for hydroxylation is 1. The van der Waals surface area contributed by atoms with Crippen molar-refractivity contribution in [2.24, 2.45) is 5.73 Å². The molecule has 5 nitrogen and oxygen atoms in total. The third kappa shape index (κ3) is 4.24. The Kier molecular flexibility index (Phi) is 5.71. The summed E-state index contributed by atoms with van der Waals surface area (Å²) in [6.45, 7) is 7.72. The molecule has 146 valence electrons. The van der Waals surface area contributed by atoms with Gasteiger partial charge in [-0.15, -0.1) is 11.3 Å². The maximum atomic E-state index is 11.0. The molecule has 1 amide bonds. The molecule has 0 atom stereocenters. The van der Waals surface area contributed by atoms with E-state index >= 15 is 0 Å². The van der Waals surface area contributed by atoms with Gasteiger partial charge in [-0.25, -0.2) is 4.98 Å². The molecule has 1 aliphatic heterocycles. The van der Waals surface area contributed by atoms with Crippen LogP contribution in [0.3, 0.4) is 0 Å². The predicted octanol–water partition coefficient (Wildman–Crippen LogP) is 3.26. The van der Waals surface area contributed by atoms with Crippen molar-refractivity contribution in [2.75, 3.05) is 32.7 Å². The molecule has 0 saturated carbocycles. The Labute approximate surface area is 169 Å². The summed E-state index contributed by atoms with van der Waals surface area (Å²) in [6.07, 6.45) is 0.441. The summed E-state index contributed by atoms with van der Waals surface area (Å²) in [5, 5.41) is 3.32. The number of pyridine rings is 1. The Morgan fingerprint density at radius 2 is 1.93 bits per heavy atom. The van der Waals surface area contributed by atoms with E-state index in [1.165, 1.54) is 21.4 Å². The van der Waals surface area contributed by atoms with Gasteiger partial charge in [-0.2, -0.15) is 0 Å². The maximum Gasteiger partial charge on any atom is 0.218 e. The topological polar surface area (TPSA) is 62.5 Å². The number of primary amides is 1. The Hall–Kier alpha value is -2.28. The van der Waals surface area contributed by atoms with Crippen LogP contribution in [0.5, 0.6) is 0 Å². The van der Waals surface area contributed by atoms with Gasteiger partial charge >= 0.3 is 0 Å². The van der Waals surface area contributed by atoms with E-state index in [0.717, 1.165) is 50.5 Å². The van der Waals surface area contributed by atoms with E-state index in [4.69, 9.17) is 10.7 Å². The lowest BCUT2D eigenvalue weighted by Gasteiger charge is -2.34. The smallest absolute Gasteiger partial charge is 0.218 e. The van der Waals surface area contributed by atoms with E-state index in [2.05, 4.69) is 58.5 Å². The first-order valence-corrected chi connectivity index (χ1v) is 10.6. The van der Waals surface area contributed by atoms with Crippen molar-refractivity contribution in [1.82, 2.24) is 14.8 Å². The summed E-state index contributed by atoms with van der Waals surface area (Å²) in [7, 11) is 0. The first-order valence-electron chi connectivity index (χ1n) is 9.76. The maximum absolute atomic E-state index is 11.0. The number of carbonyl (C=O) groups is 1. The lowest BCUT2D eigenvalue weighted by atomic mass is 10.0. The Morgan fingerprint density at radius 3 is 2.64 bits per heavy atom. The van der Waals surface area contributed by atoms with E-state index in [9.17, 15) is 4.79 Å². The average Bonchev–Trinajstić information content (AvgIpc) is 3.22. The molecule has 0 spiro atoms. The van der Waals surface area contributed by atoms with Gasteiger partial charge in [0.2, 0.25) is 5.91 Å². The molecule has 3 heterocycles. The molecule has 4 rings (SSSR count). The number of thiophene rings is 1. The molecule has 6 heteroatoms. The van der Waals surface area contributed by atoms with Gasteiger partial charge in [0.1, 0.15) is 0 Å². The van der Waals surface area contributed by atoms with Gasteiger partial charge in [-0.05, 0) is 35.6 Å². The number of fused-ring (bicyclic) bond motifs is 1. The van der Waals surface area contributed by atoms with Gasteiger partial charge in [0.25, 0.3) is 0 Å². The van der Waals surface area contributed by atoms with Gasteiger partial charge in [-0.1, -0.05) is 24.3 Å². The fourth-order valence-corrected chi connectivity index (χ4v) is 4.57. The van der Waals surface area contributed by atoms with Crippen LogP contribution in [0.15, 0.2) is 41.8 Å². The Balaban J connectivity index is 1.55. The molecule has 0 radical (unpaired) electrons. The van der Waals surface area contributed by atoms with Crippen LogP contribution >= 0.6 is 11.3 Å². The van der Waals surface area contributed by atoms with Crippen LogP contribution in [0.1, 0.15) is 17.5 Å². The highest BCUT2D eigenvalue weighted by molar-refractivity contribution is 7.13. The SMILES string of the molecule is Cc1cccc2cc(CN3CCN(CCC(N)=O)CC3)c(-c3cccs3)nc12. The monoisotopic (exact) mass is 394 g/mol. The third-order valence-corrected chi connectivity index (χ3v) is 6.29. The number of hydrogen-bond acceptors (Lipinski definition) is 5. The molecule has 3 aromatic rings. The molecule has 1 fully saturated rings. The van der Waals surface area contributed by atoms with E-state index in [1.807, 2.05) is 0 Å². The van der Waals surface area contributed by atoms with Crippen LogP contribution in [0.25, 0.3) is 21.5 Å². The van der Waals surface area contributed by atoms with Crippen molar-refractivity contribution in [2.45, 2.75) is 19.9 Å². The summed E-state index contributed by atoms with van der Waals surface area (Å²) >= 11 is 1.74. The highest BCUT2D eigenvalue weighted by Crippen LogP contribution is 2.31. The molecule has 2 N–H and O–H groups in total. The number of hydrogen-bond donors (Lipinski definition) is 1. The number of benzene rings is 1. The molecule has 1 aromatic carbocycles. The van der Waals surface area contributed by atoms with Crippen LogP contribution in [0.4, 0.5) is 0 Å². The molecule has 0 aliphatic carbocycles. The number of piperazine rings is 1. The number of aromatic nitrogens is 1. The first kappa shape index (κ1) is 19.1. The second-order valence-corrected chi connectivity index (χ2v) is 8.40. The molecule has 28 heavy (non-hydrogen) atoms. The summed E-state index contributed by atoms with van der Waals surface area (Å²) < 4.78 is 0. The standard InChI is InChI=1S/C22H26N4OS/c1-16-4-2-5-17-14-18(22(24-21(16)17)19-6-3-13-28-19)15-26-11-9-25(10-12-26)8-7-20(23)27/h2-6,13-14H,7-12,15H2,1H3,(H2,23,27). The van der Waals surface area contributed by atoms with Crippen LogP contribution in [0.2, 0.25) is 0 Å². The Bertz CT molecular complexity index is 962. The van der Waals surface area contributed by atoms with Gasteiger partial charge in [-0.3, -0.25) is 9.69 Å². The molecule has 0 bridgehead atoms. The second-order valence-electron chi connectivity index (χ2n) is 7.45. The Morgan fingerprint density at radius 1 is 1.14 bits per heavy atom. The van der Waals surface area contributed by atoms with Crippen molar-refractivity contribution < 1.29 is 4.79 Å². The van der Waals surface area contributed by atoms with Crippen molar-refractivity contribution >= 4 is 28.1 Å². The molecule has 2 aromatic heterocycles. The largest absolute Gasteiger partial charge is 0.370 e. The van der Waals surface area contributed by atoms with Gasteiger partial charge in [0.15, 0.2) is 0 Å². The summed E-state index contributed by atoms with van der Waals surface area (Å²) in [4.78, 5) is 22.1. The van der Waals surface area contributed by atoms with Crippen LogP contribution < -0.4 is 5.73 Å². The zero-order chi connectivity index (χ0) is 19.5. The fourth-order valence-electron chi connectivity index (χ4n) is 3.82. The van der Waals surface area contributed by atoms with Crippen LogP contribution in [-0.4, -0.2) is 53.4 Å². The van der Waals surface area contributed by atoms with Crippen molar-refractivity contribution in [3.63, 3.8) is 0 Å². The minimum atomic E-state index is -0.222. The van der Waals surface area contributed by atoms with E-state index in [1.54, 1.807) is 11.3 Å². The van der Waals surface area contributed by atoms with Crippen molar-refractivity contribution in [1.29, 1.82) is 0 Å². The van der Waals surface area contributed by atoms with E-state index in [-0.39, 0.29) is 5.91 Å². The summed E-state index contributed by atoms with van der Waals surface area (Å²) in [5.74, 6) is -0.222. The van der Waals surface area contributed by atoms with Gasteiger partial charge < -0.3 is 10.6 Å². The summed E-state index contributed by atoms with van der Waals surface area (Å²) in [6, 6.07) is 12.9. The van der Waals surface area contributed by atoms with Crippen LogP contribution in [-0.2, 0) is 11.3 Å².